The van der Waals surface area contributed by atoms with Crippen LogP contribution in [0.25, 0.3) is 0 Å². The van der Waals surface area contributed by atoms with Crippen molar-refractivity contribution >= 4 is 5.97 Å². The van der Waals surface area contributed by atoms with Gasteiger partial charge in [0.25, 0.3) is 0 Å². The Morgan fingerprint density at radius 2 is 0.800 bits per heavy atom. The molecule has 4 unspecified atom stereocenters. The molecule has 55 heavy (non-hydrogen) atoms. The molecule has 0 aliphatic carbocycles. The Bertz CT molecular complexity index is 781. The topological polar surface area (TPSA) is 244 Å². The molecule has 4 atom stereocenters. The van der Waals surface area contributed by atoms with E-state index in [2.05, 4.69) is 19.1 Å². The first-order valence-corrected chi connectivity index (χ1v) is 20.2. The van der Waals surface area contributed by atoms with Crippen molar-refractivity contribution in [2.75, 3.05) is 92.5 Å². The number of allylic oxidation sites excluding steroid dienone is 2. The third-order valence-corrected chi connectivity index (χ3v) is 8.28. The van der Waals surface area contributed by atoms with Crippen LogP contribution in [0.1, 0.15) is 96.8 Å². The van der Waals surface area contributed by atoms with E-state index >= 15 is 0 Å². The van der Waals surface area contributed by atoms with E-state index in [4.69, 9.17) is 53.6 Å². The van der Waals surface area contributed by atoms with Crippen LogP contribution in [0.4, 0.5) is 0 Å². The van der Waals surface area contributed by atoms with Crippen LogP contribution < -0.4 is 0 Å². The summed E-state index contributed by atoms with van der Waals surface area (Å²) in [6.07, 6.45) is 12.6. The third-order valence-electron chi connectivity index (χ3n) is 8.28. The van der Waals surface area contributed by atoms with Crippen molar-refractivity contribution < 1.29 is 78.8 Å². The van der Waals surface area contributed by atoms with Gasteiger partial charge < -0.3 is 74.0 Å². The van der Waals surface area contributed by atoms with Gasteiger partial charge >= 0.3 is 5.97 Å². The molecule has 0 amide bonds. The molecule has 0 heterocycles. The molecule has 0 aromatic carbocycles. The maximum atomic E-state index is 12.9. The van der Waals surface area contributed by atoms with Gasteiger partial charge in [0.15, 0.2) is 0 Å². The maximum Gasteiger partial charge on any atom is 0.306 e. The Hall–Kier alpha value is -1.35. The molecule has 16 nitrogen and oxygen atoms in total. The standard InChI is InChI=1S/C39H76O16/c1-2-3-4-5-6-7-8-9-10-11-12-13-14-15-16-17-39(48)55-38(30-53-36(26-49-22-32(44)18-40)27-50-23-33(45)19-41)31-54-37(28-51-24-34(46)20-42)29-52-25-35(47)21-43/h9-10,32-38,40-47H,2-8,11-31H2,1H3/b10-9-. The smallest absolute Gasteiger partial charge is 0.306 e. The van der Waals surface area contributed by atoms with Crippen molar-refractivity contribution in [1.82, 2.24) is 0 Å². The van der Waals surface area contributed by atoms with Gasteiger partial charge in [0.05, 0.1) is 92.5 Å². The second kappa shape index (κ2) is 39.5. The van der Waals surface area contributed by atoms with Crippen LogP contribution in [0.3, 0.4) is 0 Å². The number of carbonyl (C=O) groups excluding carboxylic acids is 1. The van der Waals surface area contributed by atoms with E-state index in [9.17, 15) is 25.2 Å². The summed E-state index contributed by atoms with van der Waals surface area (Å²) < 4.78 is 39.5. The van der Waals surface area contributed by atoms with Gasteiger partial charge in [-0.05, 0) is 32.1 Å². The second-order valence-corrected chi connectivity index (χ2v) is 13.9. The van der Waals surface area contributed by atoms with E-state index in [-0.39, 0.29) is 72.5 Å². The molecule has 0 aromatic rings. The average molecular weight is 801 g/mol. The number of aliphatic hydroxyl groups excluding tert-OH is 8. The normalized spacial score (nSPS) is 15.9. The van der Waals surface area contributed by atoms with Crippen molar-refractivity contribution in [1.29, 1.82) is 0 Å². The lowest BCUT2D eigenvalue weighted by Crippen LogP contribution is -2.38. The highest BCUT2D eigenvalue weighted by atomic mass is 16.6. The predicted octanol–water partition coefficient (Wildman–Crippen LogP) is 1.19. The number of aliphatic hydroxyl groups is 8. The molecule has 0 aliphatic heterocycles. The fourth-order valence-electron chi connectivity index (χ4n) is 5.03. The highest BCUT2D eigenvalue weighted by molar-refractivity contribution is 5.69. The lowest BCUT2D eigenvalue weighted by molar-refractivity contribution is -0.167. The van der Waals surface area contributed by atoms with Crippen molar-refractivity contribution in [3.8, 4) is 0 Å². The molecule has 0 saturated heterocycles. The Balaban J connectivity index is 5.18. The fraction of sp³-hybridized carbons (Fsp3) is 0.923. The minimum Gasteiger partial charge on any atom is -0.457 e. The van der Waals surface area contributed by atoms with Gasteiger partial charge in [-0.25, -0.2) is 0 Å². The molecule has 8 N–H and O–H groups in total. The summed E-state index contributed by atoms with van der Waals surface area (Å²) in [5, 5.41) is 75.0. The number of hydrogen-bond donors (Lipinski definition) is 8. The van der Waals surface area contributed by atoms with Crippen LogP contribution in [0.15, 0.2) is 12.2 Å². The van der Waals surface area contributed by atoms with E-state index in [1.165, 1.54) is 38.5 Å². The molecule has 0 rings (SSSR count). The van der Waals surface area contributed by atoms with Crippen molar-refractivity contribution in [3.63, 3.8) is 0 Å². The van der Waals surface area contributed by atoms with Crippen LogP contribution in [0.5, 0.6) is 0 Å². The van der Waals surface area contributed by atoms with Gasteiger partial charge in [-0.15, -0.1) is 0 Å². The zero-order chi connectivity index (χ0) is 40.8. The third kappa shape index (κ3) is 35.5. The van der Waals surface area contributed by atoms with Crippen LogP contribution in [0.2, 0.25) is 0 Å². The molecule has 0 saturated carbocycles. The zero-order valence-corrected chi connectivity index (χ0v) is 33.3. The molecule has 328 valence electrons. The van der Waals surface area contributed by atoms with Crippen molar-refractivity contribution in [2.24, 2.45) is 0 Å². The number of hydrogen-bond acceptors (Lipinski definition) is 16. The second-order valence-electron chi connectivity index (χ2n) is 13.9. The van der Waals surface area contributed by atoms with Crippen LogP contribution in [-0.4, -0.2) is 182 Å². The molecule has 16 heteroatoms. The molecule has 0 aromatic heterocycles. The van der Waals surface area contributed by atoms with Crippen LogP contribution in [-0.2, 0) is 38.0 Å². The lowest BCUT2D eigenvalue weighted by Gasteiger charge is -2.25. The maximum absolute atomic E-state index is 12.9. The molecular weight excluding hydrogens is 724 g/mol. The van der Waals surface area contributed by atoms with E-state index in [1.807, 2.05) is 0 Å². The first-order valence-electron chi connectivity index (χ1n) is 20.2. The van der Waals surface area contributed by atoms with Gasteiger partial charge in [0.1, 0.15) is 42.7 Å². The summed E-state index contributed by atoms with van der Waals surface area (Å²) in [6, 6.07) is 0. The molecule has 0 aliphatic rings. The lowest BCUT2D eigenvalue weighted by atomic mass is 10.1. The Morgan fingerprint density at radius 1 is 0.455 bits per heavy atom. The Labute approximate surface area is 328 Å². The quantitative estimate of drug-likeness (QED) is 0.0246. The zero-order valence-electron chi connectivity index (χ0n) is 33.3. The summed E-state index contributed by atoms with van der Waals surface area (Å²) in [5.74, 6) is -0.447. The van der Waals surface area contributed by atoms with Gasteiger partial charge in [0, 0.05) is 6.42 Å². The number of ether oxygens (including phenoxy) is 7. The van der Waals surface area contributed by atoms with E-state index in [0.29, 0.717) is 6.42 Å². The highest BCUT2D eigenvalue weighted by Gasteiger charge is 2.22. The minimum atomic E-state index is -1.10. The van der Waals surface area contributed by atoms with E-state index in [1.54, 1.807) is 0 Å². The monoisotopic (exact) mass is 801 g/mol. The summed E-state index contributed by atoms with van der Waals surface area (Å²) in [7, 11) is 0. The highest BCUT2D eigenvalue weighted by Crippen LogP contribution is 2.12. The summed E-state index contributed by atoms with van der Waals surface area (Å²) >= 11 is 0. The molecular formula is C39H76O16. The molecule has 0 bridgehead atoms. The first-order chi connectivity index (χ1) is 26.7. The number of esters is 1. The molecule has 0 spiro atoms. The van der Waals surface area contributed by atoms with Crippen molar-refractivity contribution in [3.05, 3.63) is 12.2 Å². The number of carbonyl (C=O) groups is 1. The van der Waals surface area contributed by atoms with Gasteiger partial charge in [-0.2, -0.15) is 0 Å². The van der Waals surface area contributed by atoms with Crippen molar-refractivity contribution in [2.45, 2.75) is 140 Å². The number of rotatable bonds is 42. The van der Waals surface area contributed by atoms with Gasteiger partial charge in [-0.1, -0.05) is 70.4 Å². The largest absolute Gasteiger partial charge is 0.457 e. The van der Waals surface area contributed by atoms with Gasteiger partial charge in [-0.3, -0.25) is 4.79 Å². The first kappa shape index (κ1) is 53.6. The average Bonchev–Trinajstić information content (AvgIpc) is 3.19. The fourth-order valence-corrected chi connectivity index (χ4v) is 5.03. The van der Waals surface area contributed by atoms with Crippen LogP contribution in [0, 0.1) is 0 Å². The predicted molar refractivity (Wildman–Crippen MR) is 204 cm³/mol. The summed E-state index contributed by atoms with van der Waals surface area (Å²) in [5.41, 5.74) is 0. The van der Waals surface area contributed by atoms with E-state index in [0.717, 1.165) is 38.5 Å². The molecule has 0 fully saturated rings. The molecule has 0 radical (unpaired) electrons. The Kier molecular flexibility index (Phi) is 38.5. The number of unbranched alkanes of at least 4 members (excludes halogenated alkanes) is 11. The van der Waals surface area contributed by atoms with E-state index < -0.39 is 75.1 Å². The minimum absolute atomic E-state index is 0.0760. The van der Waals surface area contributed by atoms with Crippen LogP contribution >= 0.6 is 0 Å². The SMILES string of the molecule is CCCCCCCC/C=C\CCCCCCCC(=O)OC(COC(COCC(O)CO)COCC(O)CO)COC(COCC(O)CO)COCC(O)CO. The Morgan fingerprint density at radius 3 is 1.16 bits per heavy atom. The van der Waals surface area contributed by atoms with Gasteiger partial charge in [0.2, 0.25) is 0 Å². The summed E-state index contributed by atoms with van der Waals surface area (Å²) in [6.45, 7) is -1.10. The summed E-state index contributed by atoms with van der Waals surface area (Å²) in [4.78, 5) is 12.9.